The van der Waals surface area contributed by atoms with Crippen molar-refractivity contribution in [2.24, 2.45) is 5.73 Å². The minimum atomic E-state index is -2.50. The number of rotatable bonds is 6. The average molecular weight is 339 g/mol. The molecule has 0 saturated heterocycles. The number of anilines is 1. The Bertz CT molecular complexity index is 432. The van der Waals surface area contributed by atoms with Crippen LogP contribution < -0.4 is 10.6 Å². The number of alkyl halides is 2. The fourth-order valence-electron chi connectivity index (χ4n) is 1.58. The number of aliphatic hydroxyl groups is 1. The van der Waals surface area contributed by atoms with Gasteiger partial charge in [0.1, 0.15) is 4.99 Å². The van der Waals surface area contributed by atoms with Crippen LogP contribution in [0.25, 0.3) is 0 Å². The lowest BCUT2D eigenvalue weighted by Crippen LogP contribution is -2.33. The van der Waals surface area contributed by atoms with Gasteiger partial charge in [-0.25, -0.2) is 8.78 Å². The first-order chi connectivity index (χ1) is 8.45. The molecule has 0 spiro atoms. The Morgan fingerprint density at radius 3 is 2.67 bits per heavy atom. The first kappa shape index (κ1) is 15.3. The van der Waals surface area contributed by atoms with E-state index in [1.807, 2.05) is 0 Å². The molecule has 0 heterocycles. The molecule has 1 aromatic carbocycles. The molecule has 0 aliphatic carbocycles. The summed E-state index contributed by atoms with van der Waals surface area (Å²) in [4.78, 5) is 1.49. The fraction of sp³-hybridized carbons (Fsp3) is 0.364. The Morgan fingerprint density at radius 2 is 2.17 bits per heavy atom. The molecule has 0 unspecified atom stereocenters. The van der Waals surface area contributed by atoms with Gasteiger partial charge >= 0.3 is 0 Å². The third kappa shape index (κ3) is 4.15. The van der Waals surface area contributed by atoms with E-state index in [4.69, 9.17) is 23.1 Å². The molecule has 0 aromatic heterocycles. The van der Waals surface area contributed by atoms with Crippen LogP contribution in [0.4, 0.5) is 14.5 Å². The van der Waals surface area contributed by atoms with Crippen molar-refractivity contribution in [3.05, 3.63) is 28.2 Å². The number of nitrogens with zero attached hydrogens (tertiary/aromatic N) is 1. The Labute approximate surface area is 118 Å². The van der Waals surface area contributed by atoms with Crippen molar-refractivity contribution in [3.63, 3.8) is 0 Å². The average Bonchev–Trinajstić information content (AvgIpc) is 2.27. The molecule has 0 radical (unpaired) electrons. The van der Waals surface area contributed by atoms with Crippen molar-refractivity contribution >= 4 is 38.8 Å². The molecule has 0 saturated carbocycles. The summed E-state index contributed by atoms with van der Waals surface area (Å²) in [5.41, 5.74) is 6.59. The van der Waals surface area contributed by atoms with Crippen LogP contribution in [0.15, 0.2) is 22.7 Å². The van der Waals surface area contributed by atoms with Gasteiger partial charge in [-0.05, 0) is 18.2 Å². The number of thiocarbonyl (C=S) groups is 1. The Kier molecular flexibility index (Phi) is 5.90. The predicted octanol–water partition coefficient (Wildman–Crippen LogP) is 2.15. The maximum atomic E-state index is 12.5. The molecule has 0 aliphatic rings. The highest BCUT2D eigenvalue weighted by molar-refractivity contribution is 9.10. The van der Waals surface area contributed by atoms with Gasteiger partial charge in [0, 0.05) is 22.3 Å². The van der Waals surface area contributed by atoms with Crippen LogP contribution in [0.2, 0.25) is 0 Å². The molecule has 0 bridgehead atoms. The highest BCUT2D eigenvalue weighted by Gasteiger charge is 2.17. The molecule has 7 heteroatoms. The second kappa shape index (κ2) is 6.96. The van der Waals surface area contributed by atoms with E-state index < -0.39 is 13.0 Å². The highest BCUT2D eigenvalue weighted by atomic mass is 79.9. The van der Waals surface area contributed by atoms with Crippen LogP contribution in [0.1, 0.15) is 5.56 Å². The van der Waals surface area contributed by atoms with Gasteiger partial charge in [-0.1, -0.05) is 28.1 Å². The molecule has 0 amide bonds. The number of aliphatic hydroxyl groups excluding tert-OH is 1. The molecule has 1 rings (SSSR count). The zero-order valence-electron chi connectivity index (χ0n) is 9.44. The summed E-state index contributed by atoms with van der Waals surface area (Å²) in [7, 11) is 0. The SMILES string of the molecule is NC(=S)c1cc(Br)ccc1N(CCO)CC(F)F. The third-order valence-corrected chi connectivity index (χ3v) is 3.01. The molecule has 100 valence electrons. The molecule has 1 aromatic rings. The lowest BCUT2D eigenvalue weighted by atomic mass is 10.1. The van der Waals surface area contributed by atoms with E-state index in [9.17, 15) is 8.78 Å². The highest BCUT2D eigenvalue weighted by Crippen LogP contribution is 2.25. The van der Waals surface area contributed by atoms with Gasteiger partial charge in [0.15, 0.2) is 0 Å². The lowest BCUT2D eigenvalue weighted by molar-refractivity contribution is 0.153. The normalized spacial score (nSPS) is 10.7. The second-order valence-electron chi connectivity index (χ2n) is 3.59. The predicted molar refractivity (Wildman–Crippen MR) is 75.3 cm³/mol. The largest absolute Gasteiger partial charge is 0.395 e. The van der Waals surface area contributed by atoms with E-state index in [1.165, 1.54) is 4.90 Å². The van der Waals surface area contributed by atoms with E-state index in [2.05, 4.69) is 15.9 Å². The third-order valence-electron chi connectivity index (χ3n) is 2.29. The molecular weight excluding hydrogens is 326 g/mol. The van der Waals surface area contributed by atoms with Gasteiger partial charge in [-0.2, -0.15) is 0 Å². The van der Waals surface area contributed by atoms with Crippen LogP contribution in [-0.4, -0.2) is 36.2 Å². The van der Waals surface area contributed by atoms with Gasteiger partial charge in [-0.3, -0.25) is 0 Å². The molecule has 3 N–H and O–H groups in total. The maximum Gasteiger partial charge on any atom is 0.255 e. The Balaban J connectivity index is 3.13. The second-order valence-corrected chi connectivity index (χ2v) is 4.94. The number of hydrogen-bond donors (Lipinski definition) is 2. The van der Waals surface area contributed by atoms with Crippen LogP contribution in [0, 0.1) is 0 Å². The maximum absolute atomic E-state index is 12.5. The van der Waals surface area contributed by atoms with E-state index >= 15 is 0 Å². The quantitative estimate of drug-likeness (QED) is 0.780. The van der Waals surface area contributed by atoms with Crippen molar-refractivity contribution in [2.45, 2.75) is 6.43 Å². The smallest absolute Gasteiger partial charge is 0.255 e. The van der Waals surface area contributed by atoms with Gasteiger partial charge in [0.05, 0.1) is 13.2 Å². The first-order valence-corrected chi connectivity index (χ1v) is 6.39. The summed E-state index contributed by atoms with van der Waals surface area (Å²) < 4.78 is 25.8. The van der Waals surface area contributed by atoms with Crippen LogP contribution in [-0.2, 0) is 0 Å². The zero-order valence-corrected chi connectivity index (χ0v) is 11.8. The first-order valence-electron chi connectivity index (χ1n) is 5.19. The monoisotopic (exact) mass is 338 g/mol. The van der Waals surface area contributed by atoms with Crippen molar-refractivity contribution in [3.8, 4) is 0 Å². The van der Waals surface area contributed by atoms with Crippen LogP contribution >= 0.6 is 28.1 Å². The van der Waals surface area contributed by atoms with Gasteiger partial charge in [0.25, 0.3) is 6.43 Å². The summed E-state index contributed by atoms with van der Waals surface area (Å²) in [6.45, 7) is -0.598. The van der Waals surface area contributed by atoms with Crippen LogP contribution in [0.3, 0.4) is 0 Å². The summed E-state index contributed by atoms with van der Waals surface area (Å²) in [5.74, 6) is 0. The molecule has 0 aliphatic heterocycles. The lowest BCUT2D eigenvalue weighted by Gasteiger charge is -2.26. The van der Waals surface area contributed by atoms with E-state index in [0.717, 1.165) is 4.47 Å². The minimum Gasteiger partial charge on any atom is -0.395 e. The zero-order chi connectivity index (χ0) is 13.7. The summed E-state index contributed by atoms with van der Waals surface area (Å²) in [6, 6.07) is 5.04. The van der Waals surface area contributed by atoms with Gasteiger partial charge in [0.2, 0.25) is 0 Å². The summed E-state index contributed by atoms with van der Waals surface area (Å²) in [6.07, 6.45) is -2.50. The minimum absolute atomic E-state index is 0.0988. The Morgan fingerprint density at radius 1 is 1.50 bits per heavy atom. The number of benzene rings is 1. The summed E-state index contributed by atoms with van der Waals surface area (Å²) in [5, 5.41) is 8.94. The van der Waals surface area contributed by atoms with E-state index in [-0.39, 0.29) is 18.1 Å². The van der Waals surface area contributed by atoms with Gasteiger partial charge in [-0.15, -0.1) is 0 Å². The topological polar surface area (TPSA) is 49.5 Å². The standard InChI is InChI=1S/C11H13BrF2N2OS/c12-7-1-2-9(8(5-7)11(15)18)16(3-4-17)6-10(13)14/h1-2,5,10,17H,3-4,6H2,(H2,15,18). The molecule has 3 nitrogen and oxygen atoms in total. The van der Waals surface area contributed by atoms with Crippen LogP contribution in [0.5, 0.6) is 0 Å². The van der Waals surface area contributed by atoms with E-state index in [0.29, 0.717) is 11.3 Å². The Hall–Kier alpha value is -0.790. The number of nitrogens with two attached hydrogens (primary N) is 1. The molecule has 0 fully saturated rings. The van der Waals surface area contributed by atoms with Gasteiger partial charge < -0.3 is 15.7 Å². The number of halogens is 3. The van der Waals surface area contributed by atoms with Crippen molar-refractivity contribution in [1.29, 1.82) is 0 Å². The van der Waals surface area contributed by atoms with E-state index in [1.54, 1.807) is 18.2 Å². The molecular formula is C11H13BrF2N2OS. The van der Waals surface area contributed by atoms with Crippen molar-refractivity contribution in [2.75, 3.05) is 24.6 Å². The summed E-state index contributed by atoms with van der Waals surface area (Å²) >= 11 is 8.18. The van der Waals surface area contributed by atoms with Crippen molar-refractivity contribution < 1.29 is 13.9 Å². The fourth-order valence-corrected chi connectivity index (χ4v) is 2.10. The molecule has 18 heavy (non-hydrogen) atoms. The number of hydrogen-bond acceptors (Lipinski definition) is 3. The molecule has 0 atom stereocenters. The van der Waals surface area contributed by atoms with Crippen molar-refractivity contribution in [1.82, 2.24) is 0 Å².